The summed E-state index contributed by atoms with van der Waals surface area (Å²) in [5.41, 5.74) is 0. The van der Waals surface area contributed by atoms with Crippen molar-refractivity contribution < 1.29 is 9.90 Å². The average molecular weight is 269 g/mol. The molecule has 0 spiro atoms. The van der Waals surface area contributed by atoms with Crippen LogP contribution < -0.4 is 5.32 Å². The lowest BCUT2D eigenvalue weighted by Gasteiger charge is -2.13. The molecule has 1 atom stereocenters. The van der Waals surface area contributed by atoms with E-state index in [1.54, 1.807) is 6.07 Å². The van der Waals surface area contributed by atoms with Crippen molar-refractivity contribution in [3.8, 4) is 0 Å². The Morgan fingerprint density at radius 3 is 2.61 bits per heavy atom. The van der Waals surface area contributed by atoms with Crippen molar-refractivity contribution in [1.82, 2.24) is 5.32 Å². The van der Waals surface area contributed by atoms with Gasteiger partial charge in [0.2, 0.25) is 0 Å². The Bertz CT molecular complexity index is 374. The van der Waals surface area contributed by atoms with Crippen LogP contribution in [0, 0.1) is 5.92 Å². The van der Waals surface area contributed by atoms with Crippen LogP contribution in [0.15, 0.2) is 12.1 Å². The first kappa shape index (κ1) is 15.2. The highest BCUT2D eigenvalue weighted by Gasteiger charge is 2.08. The molecule has 0 amide bonds. The van der Waals surface area contributed by atoms with Crippen molar-refractivity contribution in [3.05, 3.63) is 21.9 Å². The van der Waals surface area contributed by atoms with Crippen LogP contribution in [-0.2, 0) is 6.54 Å². The number of hydrogen-bond acceptors (Lipinski definition) is 3. The highest BCUT2D eigenvalue weighted by Crippen LogP contribution is 2.16. The summed E-state index contributed by atoms with van der Waals surface area (Å²) in [7, 11) is 0. The van der Waals surface area contributed by atoms with Crippen LogP contribution in [0.25, 0.3) is 0 Å². The molecule has 1 heterocycles. The predicted octanol–water partition coefficient (Wildman–Crippen LogP) is 3.75. The molecule has 1 rings (SSSR count). The van der Waals surface area contributed by atoms with Crippen LogP contribution >= 0.6 is 11.3 Å². The molecule has 1 aromatic heterocycles. The van der Waals surface area contributed by atoms with Crippen molar-refractivity contribution >= 4 is 17.3 Å². The fourth-order valence-electron chi connectivity index (χ4n) is 1.80. The number of rotatable bonds is 8. The van der Waals surface area contributed by atoms with Crippen LogP contribution in [-0.4, -0.2) is 17.1 Å². The number of carboxylic acids is 1. The third kappa shape index (κ3) is 5.65. The molecule has 0 aliphatic heterocycles. The number of carboxylic acid groups (broad SMARTS) is 1. The smallest absolute Gasteiger partial charge is 0.345 e. The van der Waals surface area contributed by atoms with E-state index in [-0.39, 0.29) is 0 Å². The number of nitrogens with one attached hydrogen (secondary N) is 1. The SMILES string of the molecule is CC(C)CCCC(C)NCc1ccc(C(=O)O)s1. The molecule has 1 unspecified atom stereocenters. The number of hydrogen-bond donors (Lipinski definition) is 2. The minimum absolute atomic E-state index is 0.416. The lowest BCUT2D eigenvalue weighted by Crippen LogP contribution is -2.24. The van der Waals surface area contributed by atoms with Crippen LogP contribution in [0.3, 0.4) is 0 Å². The maximum absolute atomic E-state index is 10.7. The van der Waals surface area contributed by atoms with Crippen molar-refractivity contribution in [2.24, 2.45) is 5.92 Å². The van der Waals surface area contributed by atoms with Crippen LogP contribution in [0.1, 0.15) is 54.6 Å². The van der Waals surface area contributed by atoms with Gasteiger partial charge < -0.3 is 10.4 Å². The number of aromatic carboxylic acids is 1. The van der Waals surface area contributed by atoms with Gasteiger partial charge in [-0.3, -0.25) is 0 Å². The van der Waals surface area contributed by atoms with Gasteiger partial charge in [0.25, 0.3) is 0 Å². The summed E-state index contributed by atoms with van der Waals surface area (Å²) in [6.45, 7) is 7.45. The summed E-state index contributed by atoms with van der Waals surface area (Å²) in [4.78, 5) is 12.2. The fraction of sp³-hybridized carbons (Fsp3) is 0.643. The minimum atomic E-state index is -0.837. The zero-order valence-electron chi connectivity index (χ0n) is 11.4. The summed E-state index contributed by atoms with van der Waals surface area (Å²) in [5, 5.41) is 12.3. The molecule has 0 radical (unpaired) electrons. The maximum atomic E-state index is 10.7. The lowest BCUT2D eigenvalue weighted by molar-refractivity contribution is 0.0702. The van der Waals surface area contributed by atoms with Gasteiger partial charge >= 0.3 is 5.97 Å². The molecule has 4 heteroatoms. The Labute approximate surface area is 113 Å². The lowest BCUT2D eigenvalue weighted by atomic mass is 10.0. The molecule has 0 saturated heterocycles. The van der Waals surface area contributed by atoms with Crippen molar-refractivity contribution in [2.75, 3.05) is 0 Å². The third-order valence-electron chi connectivity index (χ3n) is 2.92. The Balaban J connectivity index is 2.24. The summed E-state index contributed by atoms with van der Waals surface area (Å²) >= 11 is 1.35. The molecule has 0 aliphatic rings. The van der Waals surface area contributed by atoms with Crippen LogP contribution in [0.5, 0.6) is 0 Å². The molecule has 1 aromatic rings. The first-order valence-corrected chi connectivity index (χ1v) is 7.36. The van der Waals surface area contributed by atoms with E-state index in [1.807, 2.05) is 6.07 Å². The van der Waals surface area contributed by atoms with E-state index in [0.29, 0.717) is 10.9 Å². The van der Waals surface area contributed by atoms with E-state index in [2.05, 4.69) is 26.1 Å². The Hall–Kier alpha value is -0.870. The van der Waals surface area contributed by atoms with E-state index in [1.165, 1.54) is 30.6 Å². The molecule has 0 fully saturated rings. The van der Waals surface area contributed by atoms with Gasteiger partial charge in [-0.1, -0.05) is 26.7 Å². The fourth-order valence-corrected chi connectivity index (χ4v) is 2.59. The van der Waals surface area contributed by atoms with Crippen molar-refractivity contribution in [3.63, 3.8) is 0 Å². The molecule has 3 nitrogen and oxygen atoms in total. The van der Waals surface area contributed by atoms with Gasteiger partial charge in [0.15, 0.2) is 0 Å². The van der Waals surface area contributed by atoms with Crippen molar-refractivity contribution in [1.29, 1.82) is 0 Å². The van der Waals surface area contributed by atoms with Gasteiger partial charge in [0.05, 0.1) is 0 Å². The number of thiophene rings is 1. The van der Waals surface area contributed by atoms with Gasteiger partial charge in [-0.05, 0) is 31.4 Å². The molecule has 0 saturated carbocycles. The number of carbonyl (C=O) groups is 1. The summed E-state index contributed by atoms with van der Waals surface area (Å²) in [6, 6.07) is 4.05. The normalized spacial score (nSPS) is 12.9. The Morgan fingerprint density at radius 2 is 2.06 bits per heavy atom. The minimum Gasteiger partial charge on any atom is -0.477 e. The molecule has 0 bridgehead atoms. The quantitative estimate of drug-likeness (QED) is 0.755. The van der Waals surface area contributed by atoms with Gasteiger partial charge in [-0.15, -0.1) is 11.3 Å². The van der Waals surface area contributed by atoms with Crippen LogP contribution in [0.4, 0.5) is 0 Å². The molecule has 18 heavy (non-hydrogen) atoms. The molecular weight excluding hydrogens is 246 g/mol. The molecule has 2 N–H and O–H groups in total. The predicted molar refractivity (Wildman–Crippen MR) is 76.3 cm³/mol. The highest BCUT2D eigenvalue weighted by atomic mass is 32.1. The van der Waals surface area contributed by atoms with Gasteiger partial charge in [0, 0.05) is 17.5 Å². The Kier molecular flexibility index (Phi) is 6.36. The summed E-state index contributed by atoms with van der Waals surface area (Å²) in [5.74, 6) is -0.0659. The molecule has 0 aromatic carbocycles. The molecule has 0 aliphatic carbocycles. The second kappa shape index (κ2) is 7.54. The van der Waals surface area contributed by atoms with E-state index < -0.39 is 5.97 Å². The first-order chi connectivity index (χ1) is 8.49. The van der Waals surface area contributed by atoms with Gasteiger partial charge in [0.1, 0.15) is 4.88 Å². The first-order valence-electron chi connectivity index (χ1n) is 6.54. The third-order valence-corrected chi connectivity index (χ3v) is 3.99. The van der Waals surface area contributed by atoms with Gasteiger partial charge in [-0.25, -0.2) is 4.79 Å². The standard InChI is InChI=1S/C14H23NO2S/c1-10(2)5-4-6-11(3)15-9-12-7-8-13(18-12)14(16)17/h7-8,10-11,15H,4-6,9H2,1-3H3,(H,16,17). The topological polar surface area (TPSA) is 49.3 Å². The van der Waals surface area contributed by atoms with Crippen LogP contribution in [0.2, 0.25) is 0 Å². The van der Waals surface area contributed by atoms with Gasteiger partial charge in [-0.2, -0.15) is 0 Å². The zero-order chi connectivity index (χ0) is 13.5. The van der Waals surface area contributed by atoms with Crippen molar-refractivity contribution in [2.45, 2.75) is 52.6 Å². The van der Waals surface area contributed by atoms with E-state index in [9.17, 15) is 4.79 Å². The van der Waals surface area contributed by atoms with E-state index in [4.69, 9.17) is 5.11 Å². The second-order valence-electron chi connectivity index (χ2n) is 5.18. The zero-order valence-corrected chi connectivity index (χ0v) is 12.2. The average Bonchev–Trinajstić information content (AvgIpc) is 2.74. The Morgan fingerprint density at radius 1 is 1.33 bits per heavy atom. The summed E-state index contributed by atoms with van der Waals surface area (Å²) < 4.78 is 0. The second-order valence-corrected chi connectivity index (χ2v) is 6.35. The molecular formula is C14H23NO2S. The largest absolute Gasteiger partial charge is 0.477 e. The monoisotopic (exact) mass is 269 g/mol. The molecule has 102 valence electrons. The maximum Gasteiger partial charge on any atom is 0.345 e. The van der Waals surface area contributed by atoms with E-state index >= 15 is 0 Å². The summed E-state index contributed by atoms with van der Waals surface area (Å²) in [6.07, 6.45) is 3.69. The van der Waals surface area contributed by atoms with E-state index in [0.717, 1.165) is 17.3 Å². The highest BCUT2D eigenvalue weighted by molar-refractivity contribution is 7.13.